The van der Waals surface area contributed by atoms with Gasteiger partial charge in [-0.25, -0.2) is 0 Å². The van der Waals surface area contributed by atoms with Gasteiger partial charge in [0, 0.05) is 12.5 Å². The van der Waals surface area contributed by atoms with E-state index >= 15 is 0 Å². The van der Waals surface area contributed by atoms with Crippen LogP contribution in [-0.2, 0) is 0 Å². The Bertz CT molecular complexity index is 467. The van der Waals surface area contributed by atoms with Crippen LogP contribution in [0.1, 0.15) is 55.1 Å². The highest BCUT2D eigenvalue weighted by Crippen LogP contribution is 2.45. The molecule has 0 aromatic carbocycles. The van der Waals surface area contributed by atoms with Crippen LogP contribution in [0.15, 0.2) is 4.90 Å². The summed E-state index contributed by atoms with van der Waals surface area (Å²) in [6.45, 7) is 3.18. The number of hydrogen-bond donors (Lipinski definition) is 2. The summed E-state index contributed by atoms with van der Waals surface area (Å²) in [5, 5.41) is 4.54. The van der Waals surface area contributed by atoms with Gasteiger partial charge in [0.1, 0.15) is 5.00 Å². The maximum atomic E-state index is 12.2. The van der Waals surface area contributed by atoms with Crippen molar-refractivity contribution >= 4 is 39.6 Å². The number of hydrogen-bond acceptors (Lipinski definition) is 5. The number of carbonyl (C=O) groups is 1. The fraction of sp³-hybridized carbons (Fsp3) is 0.667. The average molecular weight is 313 g/mol. The van der Waals surface area contributed by atoms with E-state index in [-0.39, 0.29) is 11.7 Å². The maximum Gasteiger partial charge on any atom is 0.178 e. The Morgan fingerprint density at radius 2 is 2.15 bits per heavy atom. The highest BCUT2D eigenvalue weighted by molar-refractivity contribution is 7.99. The molecule has 1 fully saturated rings. The van der Waals surface area contributed by atoms with Crippen LogP contribution in [0, 0.1) is 5.92 Å². The summed E-state index contributed by atoms with van der Waals surface area (Å²) in [7, 11) is 0. The van der Waals surface area contributed by atoms with Gasteiger partial charge in [0.15, 0.2) is 5.78 Å². The number of Topliss-reactive ketones (excluding diaryl/α,β-unsaturated/α-hetero) is 1. The van der Waals surface area contributed by atoms with Crippen molar-refractivity contribution in [3.8, 4) is 0 Å². The number of unbranched alkanes of at least 4 members (excludes halogenated alkanes) is 3. The molecule has 1 aliphatic rings. The van der Waals surface area contributed by atoms with Gasteiger partial charge < -0.3 is 11.1 Å². The Hall–Kier alpha value is -0.680. The highest BCUT2D eigenvalue weighted by Gasteiger charge is 2.33. The van der Waals surface area contributed by atoms with Crippen molar-refractivity contribution in [2.45, 2.75) is 50.3 Å². The Labute approximate surface area is 129 Å². The molecular weight excluding hydrogens is 288 g/mol. The lowest BCUT2D eigenvalue weighted by molar-refractivity contribution is 0.0972. The number of anilines is 2. The van der Waals surface area contributed by atoms with E-state index < -0.39 is 0 Å². The summed E-state index contributed by atoms with van der Waals surface area (Å²) < 4.78 is 0. The third kappa shape index (κ3) is 3.70. The van der Waals surface area contributed by atoms with Crippen LogP contribution < -0.4 is 11.1 Å². The summed E-state index contributed by atoms with van der Waals surface area (Å²) in [5.74, 6) is 0.491. The monoisotopic (exact) mass is 312 g/mol. The molecule has 20 heavy (non-hydrogen) atoms. The van der Waals surface area contributed by atoms with Gasteiger partial charge in [-0.1, -0.05) is 26.2 Å². The summed E-state index contributed by atoms with van der Waals surface area (Å²) in [5.41, 5.74) is 6.85. The van der Waals surface area contributed by atoms with Crippen molar-refractivity contribution in [3.05, 3.63) is 4.88 Å². The van der Waals surface area contributed by atoms with Gasteiger partial charge in [0.25, 0.3) is 0 Å². The third-order valence-corrected chi connectivity index (χ3v) is 5.73. The van der Waals surface area contributed by atoms with Gasteiger partial charge in [0.2, 0.25) is 0 Å². The van der Waals surface area contributed by atoms with Crippen LogP contribution in [-0.4, -0.2) is 18.6 Å². The zero-order chi connectivity index (χ0) is 14.5. The van der Waals surface area contributed by atoms with Gasteiger partial charge >= 0.3 is 0 Å². The standard InChI is InChI=1S/C15H24N2OS2/c1-3-4-5-6-9-17-15-14(19-2)11(16)13(20-15)12(18)10-7-8-10/h10,17H,3-9,16H2,1-2H3. The number of carbonyl (C=O) groups excluding carboxylic acids is 1. The number of rotatable bonds is 9. The number of nitrogens with one attached hydrogen (secondary N) is 1. The van der Waals surface area contributed by atoms with Crippen molar-refractivity contribution in [1.82, 2.24) is 0 Å². The second-order valence-corrected chi connectivity index (χ2v) is 7.17. The van der Waals surface area contributed by atoms with Crippen LogP contribution in [0.2, 0.25) is 0 Å². The Morgan fingerprint density at radius 3 is 2.75 bits per heavy atom. The molecule has 112 valence electrons. The summed E-state index contributed by atoms with van der Waals surface area (Å²) in [6.07, 6.45) is 9.05. The number of ketones is 1. The molecule has 0 spiro atoms. The van der Waals surface area contributed by atoms with Crippen LogP contribution in [0.4, 0.5) is 10.7 Å². The average Bonchev–Trinajstić information content (AvgIpc) is 3.23. The van der Waals surface area contributed by atoms with Crippen LogP contribution in [0.3, 0.4) is 0 Å². The van der Waals surface area contributed by atoms with Gasteiger partial charge in [-0.2, -0.15) is 0 Å². The summed E-state index contributed by atoms with van der Waals surface area (Å²) in [4.78, 5) is 14.0. The van der Waals surface area contributed by atoms with E-state index in [9.17, 15) is 4.79 Å². The highest BCUT2D eigenvalue weighted by atomic mass is 32.2. The molecule has 1 aliphatic carbocycles. The smallest absolute Gasteiger partial charge is 0.178 e. The number of nitrogens with two attached hydrogens (primary N) is 1. The lowest BCUT2D eigenvalue weighted by Crippen LogP contribution is -2.02. The van der Waals surface area contributed by atoms with E-state index in [2.05, 4.69) is 12.2 Å². The third-order valence-electron chi connectivity index (χ3n) is 3.59. The SMILES string of the molecule is CCCCCCNc1sc(C(=O)C2CC2)c(N)c1SC. The molecule has 5 heteroatoms. The Morgan fingerprint density at radius 1 is 1.40 bits per heavy atom. The molecule has 0 atom stereocenters. The molecule has 1 heterocycles. The minimum Gasteiger partial charge on any atom is -0.396 e. The molecule has 3 nitrogen and oxygen atoms in total. The van der Waals surface area contributed by atoms with Gasteiger partial charge in [-0.3, -0.25) is 4.79 Å². The fourth-order valence-electron chi connectivity index (χ4n) is 2.22. The molecule has 0 bridgehead atoms. The second-order valence-electron chi connectivity index (χ2n) is 5.33. The minimum absolute atomic E-state index is 0.239. The molecule has 0 amide bonds. The fourth-order valence-corrected chi connectivity index (χ4v) is 4.29. The van der Waals surface area contributed by atoms with Crippen molar-refractivity contribution < 1.29 is 4.79 Å². The first kappa shape index (κ1) is 15.7. The topological polar surface area (TPSA) is 55.1 Å². The van der Waals surface area contributed by atoms with Crippen LogP contribution in [0.5, 0.6) is 0 Å². The molecule has 1 saturated carbocycles. The van der Waals surface area contributed by atoms with Crippen molar-refractivity contribution in [3.63, 3.8) is 0 Å². The van der Waals surface area contributed by atoms with E-state index in [1.165, 1.54) is 25.7 Å². The maximum absolute atomic E-state index is 12.2. The normalized spacial score (nSPS) is 14.5. The van der Waals surface area contributed by atoms with E-state index in [1.807, 2.05) is 6.26 Å². The first-order valence-electron chi connectivity index (χ1n) is 7.43. The number of nitrogen functional groups attached to an aromatic ring is 1. The van der Waals surface area contributed by atoms with E-state index in [4.69, 9.17) is 5.73 Å². The first-order chi connectivity index (χ1) is 9.69. The van der Waals surface area contributed by atoms with Crippen molar-refractivity contribution in [2.75, 3.05) is 23.9 Å². The van der Waals surface area contributed by atoms with Crippen molar-refractivity contribution in [2.24, 2.45) is 5.92 Å². The lowest BCUT2D eigenvalue weighted by atomic mass is 10.2. The van der Waals surface area contributed by atoms with E-state index in [1.54, 1.807) is 23.1 Å². The molecule has 0 unspecified atom stereocenters. The van der Waals surface area contributed by atoms with E-state index in [0.717, 1.165) is 34.2 Å². The summed E-state index contributed by atoms with van der Waals surface area (Å²) >= 11 is 3.18. The molecule has 2 rings (SSSR count). The number of thioether (sulfide) groups is 1. The molecule has 1 aromatic heterocycles. The van der Waals surface area contributed by atoms with Gasteiger partial charge in [-0.15, -0.1) is 23.1 Å². The molecule has 0 radical (unpaired) electrons. The zero-order valence-electron chi connectivity index (χ0n) is 12.3. The van der Waals surface area contributed by atoms with Gasteiger partial charge in [-0.05, 0) is 25.5 Å². The zero-order valence-corrected chi connectivity index (χ0v) is 14.0. The molecule has 1 aromatic rings. The Balaban J connectivity index is 2.00. The van der Waals surface area contributed by atoms with Crippen LogP contribution >= 0.6 is 23.1 Å². The predicted molar refractivity (Wildman–Crippen MR) is 90.2 cm³/mol. The number of thiophene rings is 1. The molecule has 3 N–H and O–H groups in total. The first-order valence-corrected chi connectivity index (χ1v) is 9.47. The predicted octanol–water partition coefficient (Wildman–Crippen LogP) is 4.64. The second kappa shape index (κ2) is 7.36. The van der Waals surface area contributed by atoms with Gasteiger partial charge in [0.05, 0.1) is 15.5 Å². The largest absolute Gasteiger partial charge is 0.396 e. The lowest BCUT2D eigenvalue weighted by Gasteiger charge is -2.05. The quantitative estimate of drug-likeness (QED) is 0.396. The molecular formula is C15H24N2OS2. The summed E-state index contributed by atoms with van der Waals surface area (Å²) in [6, 6.07) is 0. The molecule has 0 saturated heterocycles. The Kier molecular flexibility index (Phi) is 5.78. The molecule has 0 aliphatic heterocycles. The minimum atomic E-state index is 0.239. The van der Waals surface area contributed by atoms with E-state index in [0.29, 0.717) is 5.69 Å². The van der Waals surface area contributed by atoms with Crippen LogP contribution in [0.25, 0.3) is 0 Å². The van der Waals surface area contributed by atoms with Crippen molar-refractivity contribution in [1.29, 1.82) is 0 Å².